The Morgan fingerprint density at radius 1 is 1.42 bits per heavy atom. The van der Waals surface area contributed by atoms with Crippen molar-refractivity contribution in [2.24, 2.45) is 0 Å². The number of benzene rings is 1. The third-order valence-corrected chi connectivity index (χ3v) is 2.01. The number of nitriles is 1. The lowest BCUT2D eigenvalue weighted by Gasteiger charge is -2.06. The van der Waals surface area contributed by atoms with Gasteiger partial charge in [0.2, 0.25) is 0 Å². The molecule has 1 aromatic carbocycles. The van der Waals surface area contributed by atoms with Gasteiger partial charge in [0, 0.05) is 0 Å². The van der Waals surface area contributed by atoms with Crippen molar-refractivity contribution in [2.45, 2.75) is 20.3 Å². The van der Waals surface area contributed by atoms with E-state index in [1.54, 1.807) is 0 Å². The van der Waals surface area contributed by atoms with Gasteiger partial charge in [-0.15, -0.1) is 0 Å². The Labute approximate surface area is 72.1 Å². The molecule has 0 atom stereocenters. The molecule has 1 rings (SSSR count). The van der Waals surface area contributed by atoms with Gasteiger partial charge in [0.1, 0.15) is 5.75 Å². The summed E-state index contributed by atoms with van der Waals surface area (Å²) in [5.41, 5.74) is 2.58. The first kappa shape index (κ1) is 8.61. The predicted octanol–water partition coefficient (Wildman–Crippen LogP) is 2.08. The number of hydrogen-bond acceptors (Lipinski definition) is 2. The molecule has 0 saturated carbocycles. The highest BCUT2D eigenvalue weighted by atomic mass is 16.3. The Balaban J connectivity index is 3.19. The van der Waals surface area contributed by atoms with Crippen LogP contribution in [0.4, 0.5) is 0 Å². The van der Waals surface area contributed by atoms with E-state index in [1.165, 1.54) is 0 Å². The van der Waals surface area contributed by atoms with Gasteiger partial charge in [-0.05, 0) is 30.5 Å². The molecule has 0 spiro atoms. The molecule has 0 aliphatic carbocycles. The van der Waals surface area contributed by atoms with Gasteiger partial charge in [0.05, 0.1) is 12.5 Å². The van der Waals surface area contributed by atoms with Crippen LogP contribution >= 0.6 is 0 Å². The number of hydrogen-bond donors (Lipinski definition) is 1. The summed E-state index contributed by atoms with van der Waals surface area (Å²) < 4.78 is 0. The monoisotopic (exact) mass is 161 g/mol. The minimum Gasteiger partial charge on any atom is -0.507 e. The number of phenols is 1. The van der Waals surface area contributed by atoms with Crippen LogP contribution in [0.15, 0.2) is 12.1 Å². The fourth-order valence-corrected chi connectivity index (χ4v) is 1.15. The molecular weight excluding hydrogens is 150 g/mol. The summed E-state index contributed by atoms with van der Waals surface area (Å²) in [6.07, 6.45) is 0.361. The first-order valence-corrected chi connectivity index (χ1v) is 3.82. The molecule has 1 aromatic rings. The normalized spacial score (nSPS) is 9.42. The van der Waals surface area contributed by atoms with Crippen LogP contribution in [0, 0.1) is 25.2 Å². The van der Waals surface area contributed by atoms with E-state index in [-0.39, 0.29) is 0 Å². The van der Waals surface area contributed by atoms with Gasteiger partial charge in [0.15, 0.2) is 0 Å². The lowest BCUT2D eigenvalue weighted by molar-refractivity contribution is 0.466. The minimum absolute atomic E-state index is 0.308. The maximum Gasteiger partial charge on any atom is 0.121 e. The fraction of sp³-hybridized carbons (Fsp3) is 0.300. The SMILES string of the molecule is Cc1ccc(CC#N)c(C)c1O. The van der Waals surface area contributed by atoms with Crippen molar-refractivity contribution in [2.75, 3.05) is 0 Å². The van der Waals surface area contributed by atoms with Crippen molar-refractivity contribution < 1.29 is 5.11 Å². The summed E-state index contributed by atoms with van der Waals surface area (Å²) in [5.74, 6) is 0.308. The molecule has 0 aliphatic rings. The molecule has 2 nitrogen and oxygen atoms in total. The van der Waals surface area contributed by atoms with Crippen molar-refractivity contribution in [3.8, 4) is 11.8 Å². The number of phenolic OH excluding ortho intramolecular Hbond substituents is 1. The average Bonchev–Trinajstić information content (AvgIpc) is 2.07. The Morgan fingerprint density at radius 2 is 2.08 bits per heavy atom. The minimum atomic E-state index is 0.308. The first-order valence-electron chi connectivity index (χ1n) is 3.82. The van der Waals surface area contributed by atoms with E-state index >= 15 is 0 Å². The second kappa shape index (κ2) is 3.27. The number of rotatable bonds is 1. The lowest BCUT2D eigenvalue weighted by atomic mass is 10.0. The first-order chi connectivity index (χ1) is 5.66. The molecular formula is C10H11NO. The molecule has 0 saturated heterocycles. The Hall–Kier alpha value is -1.49. The maximum absolute atomic E-state index is 9.50. The lowest BCUT2D eigenvalue weighted by Crippen LogP contribution is -1.89. The molecule has 1 N–H and O–H groups in total. The van der Waals surface area contributed by atoms with E-state index < -0.39 is 0 Å². The van der Waals surface area contributed by atoms with Crippen LogP contribution in [0.5, 0.6) is 5.75 Å². The van der Waals surface area contributed by atoms with Crippen LogP contribution in [0.2, 0.25) is 0 Å². The van der Waals surface area contributed by atoms with Gasteiger partial charge >= 0.3 is 0 Å². The second-order valence-electron chi connectivity index (χ2n) is 2.85. The molecule has 2 heteroatoms. The van der Waals surface area contributed by atoms with Gasteiger partial charge in [-0.1, -0.05) is 12.1 Å². The topological polar surface area (TPSA) is 44.0 Å². The highest BCUT2D eigenvalue weighted by Crippen LogP contribution is 2.24. The summed E-state index contributed by atoms with van der Waals surface area (Å²) in [7, 11) is 0. The number of aryl methyl sites for hydroxylation is 1. The molecule has 0 aliphatic heterocycles. The van der Waals surface area contributed by atoms with Crippen molar-refractivity contribution in [3.63, 3.8) is 0 Å². The molecule has 0 heterocycles. The highest BCUT2D eigenvalue weighted by molar-refractivity contribution is 5.44. The van der Waals surface area contributed by atoms with Crippen molar-refractivity contribution >= 4 is 0 Å². The average molecular weight is 161 g/mol. The largest absolute Gasteiger partial charge is 0.507 e. The molecule has 0 fully saturated rings. The fourth-order valence-electron chi connectivity index (χ4n) is 1.15. The zero-order valence-electron chi connectivity index (χ0n) is 7.26. The van der Waals surface area contributed by atoms with Gasteiger partial charge in [-0.3, -0.25) is 0 Å². The Bertz CT molecular complexity index is 336. The van der Waals surface area contributed by atoms with Crippen LogP contribution in [0.1, 0.15) is 16.7 Å². The van der Waals surface area contributed by atoms with E-state index in [2.05, 4.69) is 6.07 Å². The third kappa shape index (κ3) is 1.40. The van der Waals surface area contributed by atoms with Crippen molar-refractivity contribution in [3.05, 3.63) is 28.8 Å². The van der Waals surface area contributed by atoms with Gasteiger partial charge in [-0.2, -0.15) is 5.26 Å². The second-order valence-corrected chi connectivity index (χ2v) is 2.85. The van der Waals surface area contributed by atoms with Crippen LogP contribution in [0.25, 0.3) is 0 Å². The van der Waals surface area contributed by atoms with Crippen molar-refractivity contribution in [1.82, 2.24) is 0 Å². The van der Waals surface area contributed by atoms with E-state index in [1.807, 2.05) is 26.0 Å². The zero-order valence-corrected chi connectivity index (χ0v) is 7.26. The van der Waals surface area contributed by atoms with E-state index in [0.717, 1.165) is 16.7 Å². The summed E-state index contributed by atoms with van der Waals surface area (Å²) in [6.45, 7) is 3.67. The zero-order chi connectivity index (χ0) is 9.14. The standard InChI is InChI=1S/C10H11NO/c1-7-3-4-9(5-6-11)8(2)10(7)12/h3-4,12H,5H2,1-2H3. The van der Waals surface area contributed by atoms with Gasteiger partial charge in [-0.25, -0.2) is 0 Å². The van der Waals surface area contributed by atoms with Crippen molar-refractivity contribution in [1.29, 1.82) is 5.26 Å². The summed E-state index contributed by atoms with van der Waals surface area (Å²) in [6, 6.07) is 5.77. The molecule has 0 bridgehead atoms. The maximum atomic E-state index is 9.50. The van der Waals surface area contributed by atoms with Crippen LogP contribution in [-0.4, -0.2) is 5.11 Å². The molecule has 12 heavy (non-hydrogen) atoms. The van der Waals surface area contributed by atoms with Crippen LogP contribution in [-0.2, 0) is 6.42 Å². The van der Waals surface area contributed by atoms with Crippen LogP contribution in [0.3, 0.4) is 0 Å². The molecule has 0 amide bonds. The molecule has 0 aromatic heterocycles. The van der Waals surface area contributed by atoms with E-state index in [4.69, 9.17) is 5.26 Å². The summed E-state index contributed by atoms with van der Waals surface area (Å²) >= 11 is 0. The summed E-state index contributed by atoms with van der Waals surface area (Å²) in [5, 5.41) is 18.0. The number of nitrogens with zero attached hydrogens (tertiary/aromatic N) is 1. The smallest absolute Gasteiger partial charge is 0.121 e. The number of aromatic hydroxyl groups is 1. The van der Waals surface area contributed by atoms with E-state index in [9.17, 15) is 5.11 Å². The Kier molecular flexibility index (Phi) is 2.35. The van der Waals surface area contributed by atoms with E-state index in [0.29, 0.717) is 12.2 Å². The van der Waals surface area contributed by atoms with Gasteiger partial charge < -0.3 is 5.11 Å². The summed E-state index contributed by atoms with van der Waals surface area (Å²) in [4.78, 5) is 0. The molecule has 62 valence electrons. The Morgan fingerprint density at radius 3 is 2.67 bits per heavy atom. The molecule has 0 radical (unpaired) electrons. The third-order valence-electron chi connectivity index (χ3n) is 2.01. The van der Waals surface area contributed by atoms with Crippen LogP contribution < -0.4 is 0 Å². The van der Waals surface area contributed by atoms with Gasteiger partial charge in [0.25, 0.3) is 0 Å². The quantitative estimate of drug-likeness (QED) is 0.685. The molecule has 0 unspecified atom stereocenters. The highest BCUT2D eigenvalue weighted by Gasteiger charge is 2.04. The predicted molar refractivity (Wildman–Crippen MR) is 46.9 cm³/mol.